The molecule has 0 fully saturated rings. The lowest BCUT2D eigenvalue weighted by molar-refractivity contribution is 0.0601. The Bertz CT molecular complexity index is 597. The summed E-state index contributed by atoms with van der Waals surface area (Å²) in [5.41, 5.74) is 8.91. The van der Waals surface area contributed by atoms with Crippen LogP contribution in [0.15, 0.2) is 48.5 Å². The van der Waals surface area contributed by atoms with Crippen LogP contribution in [0.3, 0.4) is 0 Å². The smallest absolute Gasteiger partial charge is 0.337 e. The van der Waals surface area contributed by atoms with Crippen molar-refractivity contribution in [2.24, 2.45) is 0 Å². The van der Waals surface area contributed by atoms with E-state index in [1.807, 2.05) is 18.2 Å². The lowest BCUT2D eigenvalue weighted by Gasteiger charge is -2.17. The molecule has 0 aromatic heterocycles. The first kappa shape index (κ1) is 13.9. The highest BCUT2D eigenvalue weighted by molar-refractivity contribution is 5.91. The topological polar surface area (TPSA) is 64.3 Å². The third kappa shape index (κ3) is 3.09. The molecule has 0 radical (unpaired) electrons. The molecule has 0 saturated carbocycles. The van der Waals surface area contributed by atoms with Crippen LogP contribution in [0.1, 0.15) is 28.9 Å². The largest absolute Gasteiger partial charge is 0.465 e. The quantitative estimate of drug-likeness (QED) is 0.661. The van der Waals surface area contributed by atoms with E-state index in [2.05, 4.69) is 29.1 Å². The monoisotopic (exact) mass is 270 g/mol. The maximum absolute atomic E-state index is 11.4. The Kier molecular flexibility index (Phi) is 4.25. The normalized spacial score (nSPS) is 11.7. The number of esters is 1. The molecule has 0 bridgehead atoms. The number of carbonyl (C=O) groups excluding carboxylic acids is 1. The summed E-state index contributed by atoms with van der Waals surface area (Å²) in [4.78, 5) is 11.4. The van der Waals surface area contributed by atoms with Gasteiger partial charge in [-0.25, -0.2) is 4.79 Å². The van der Waals surface area contributed by atoms with Gasteiger partial charge >= 0.3 is 5.97 Å². The number of hydrogen-bond donors (Lipinski definition) is 2. The van der Waals surface area contributed by atoms with Crippen molar-refractivity contribution < 1.29 is 9.53 Å². The van der Waals surface area contributed by atoms with Gasteiger partial charge in [0.15, 0.2) is 0 Å². The van der Waals surface area contributed by atoms with E-state index in [1.54, 1.807) is 18.2 Å². The van der Waals surface area contributed by atoms with Gasteiger partial charge in [-0.1, -0.05) is 30.3 Å². The van der Waals surface area contributed by atoms with Crippen LogP contribution >= 0.6 is 0 Å². The van der Waals surface area contributed by atoms with Crippen LogP contribution in [0.25, 0.3) is 0 Å². The molecule has 1 unspecified atom stereocenters. The third-order valence-corrected chi connectivity index (χ3v) is 3.14. The summed E-state index contributed by atoms with van der Waals surface area (Å²) in [6, 6.07) is 15.3. The second-order valence-corrected chi connectivity index (χ2v) is 4.57. The minimum absolute atomic E-state index is 0.127. The molecule has 0 aliphatic heterocycles. The predicted molar refractivity (Wildman–Crippen MR) is 80.7 cm³/mol. The number of rotatable bonds is 4. The van der Waals surface area contributed by atoms with E-state index in [1.165, 1.54) is 12.7 Å². The maximum Gasteiger partial charge on any atom is 0.337 e. The fourth-order valence-corrected chi connectivity index (χ4v) is 2.00. The van der Waals surface area contributed by atoms with Gasteiger partial charge in [-0.3, -0.25) is 0 Å². The fourth-order valence-electron chi connectivity index (χ4n) is 2.00. The van der Waals surface area contributed by atoms with Crippen LogP contribution in [-0.2, 0) is 4.74 Å². The molecule has 0 amide bonds. The van der Waals surface area contributed by atoms with E-state index < -0.39 is 0 Å². The van der Waals surface area contributed by atoms with E-state index in [4.69, 9.17) is 5.73 Å². The molecule has 0 saturated heterocycles. The van der Waals surface area contributed by atoms with Gasteiger partial charge in [-0.15, -0.1) is 0 Å². The number of nitrogens with two attached hydrogens (primary N) is 1. The molecule has 2 aromatic carbocycles. The molecule has 0 heterocycles. The van der Waals surface area contributed by atoms with Gasteiger partial charge in [-0.2, -0.15) is 0 Å². The van der Waals surface area contributed by atoms with E-state index in [0.717, 1.165) is 5.69 Å². The highest BCUT2D eigenvalue weighted by atomic mass is 16.5. The zero-order valence-electron chi connectivity index (χ0n) is 11.6. The number of nitrogens with one attached hydrogen (secondary N) is 1. The third-order valence-electron chi connectivity index (χ3n) is 3.14. The number of benzene rings is 2. The molecule has 4 nitrogen and oxygen atoms in total. The van der Waals surface area contributed by atoms with E-state index >= 15 is 0 Å². The average molecular weight is 270 g/mol. The Labute approximate surface area is 118 Å². The number of nitrogen functional groups attached to an aromatic ring is 1. The molecular formula is C16H18N2O2. The van der Waals surface area contributed by atoms with Gasteiger partial charge in [0.2, 0.25) is 0 Å². The molecule has 0 aliphatic rings. The van der Waals surface area contributed by atoms with E-state index in [9.17, 15) is 4.79 Å². The first-order valence-corrected chi connectivity index (χ1v) is 6.41. The van der Waals surface area contributed by atoms with Crippen LogP contribution in [0.5, 0.6) is 0 Å². The number of methoxy groups -OCH3 is 1. The highest BCUT2D eigenvalue weighted by Crippen LogP contribution is 2.25. The predicted octanol–water partition coefficient (Wildman–Crippen LogP) is 3.23. The van der Waals surface area contributed by atoms with Crippen molar-refractivity contribution in [1.82, 2.24) is 0 Å². The highest BCUT2D eigenvalue weighted by Gasteiger charge is 2.10. The first-order chi connectivity index (χ1) is 9.61. The summed E-state index contributed by atoms with van der Waals surface area (Å²) in [5, 5.41) is 3.33. The number of carbonyl (C=O) groups is 1. The molecule has 2 aromatic rings. The van der Waals surface area contributed by atoms with Gasteiger partial charge in [0.25, 0.3) is 0 Å². The van der Waals surface area contributed by atoms with Crippen molar-refractivity contribution in [2.75, 3.05) is 18.2 Å². The Morgan fingerprint density at radius 2 is 1.90 bits per heavy atom. The van der Waals surface area contributed by atoms with Gasteiger partial charge in [0.1, 0.15) is 0 Å². The van der Waals surface area contributed by atoms with Gasteiger partial charge in [0.05, 0.1) is 24.0 Å². The number of anilines is 2. The number of ether oxygens (including phenoxy) is 1. The first-order valence-electron chi connectivity index (χ1n) is 6.41. The molecule has 104 valence electrons. The van der Waals surface area contributed by atoms with Crippen LogP contribution in [0.4, 0.5) is 11.4 Å². The van der Waals surface area contributed by atoms with Crippen molar-refractivity contribution in [2.45, 2.75) is 13.0 Å². The Balaban J connectivity index is 2.16. The van der Waals surface area contributed by atoms with Crippen molar-refractivity contribution >= 4 is 17.3 Å². The summed E-state index contributed by atoms with van der Waals surface area (Å²) in [7, 11) is 1.35. The SMILES string of the molecule is COC(=O)c1ccc(NC(C)c2ccccc2)c(N)c1. The van der Waals surface area contributed by atoms with Crippen LogP contribution in [-0.4, -0.2) is 13.1 Å². The molecule has 3 N–H and O–H groups in total. The van der Waals surface area contributed by atoms with E-state index in [-0.39, 0.29) is 12.0 Å². The molecule has 0 aliphatic carbocycles. The van der Waals surface area contributed by atoms with E-state index in [0.29, 0.717) is 11.3 Å². The lowest BCUT2D eigenvalue weighted by Crippen LogP contribution is -2.09. The molecule has 2 rings (SSSR count). The Morgan fingerprint density at radius 3 is 2.50 bits per heavy atom. The molecule has 1 atom stereocenters. The maximum atomic E-state index is 11.4. The zero-order valence-corrected chi connectivity index (χ0v) is 11.6. The number of hydrogen-bond acceptors (Lipinski definition) is 4. The van der Waals surface area contributed by atoms with Crippen molar-refractivity contribution in [1.29, 1.82) is 0 Å². The summed E-state index contributed by atoms with van der Waals surface area (Å²) in [6.07, 6.45) is 0. The van der Waals surface area contributed by atoms with Crippen molar-refractivity contribution in [3.05, 3.63) is 59.7 Å². The Hall–Kier alpha value is -2.49. The standard InChI is InChI=1S/C16H18N2O2/c1-11(12-6-4-3-5-7-12)18-15-9-8-13(10-14(15)17)16(19)20-2/h3-11,18H,17H2,1-2H3. The van der Waals surface area contributed by atoms with Crippen molar-refractivity contribution in [3.8, 4) is 0 Å². The summed E-state index contributed by atoms with van der Waals surface area (Å²) >= 11 is 0. The lowest BCUT2D eigenvalue weighted by atomic mass is 10.1. The van der Waals surface area contributed by atoms with Crippen LogP contribution < -0.4 is 11.1 Å². The van der Waals surface area contributed by atoms with Gasteiger partial charge in [-0.05, 0) is 30.7 Å². The van der Waals surface area contributed by atoms with Gasteiger partial charge in [0, 0.05) is 6.04 Å². The average Bonchev–Trinajstić information content (AvgIpc) is 2.49. The molecule has 20 heavy (non-hydrogen) atoms. The van der Waals surface area contributed by atoms with Crippen LogP contribution in [0, 0.1) is 0 Å². The minimum atomic E-state index is -0.389. The summed E-state index contributed by atoms with van der Waals surface area (Å²) in [6.45, 7) is 2.06. The van der Waals surface area contributed by atoms with Crippen LogP contribution in [0.2, 0.25) is 0 Å². The minimum Gasteiger partial charge on any atom is -0.465 e. The second kappa shape index (κ2) is 6.10. The van der Waals surface area contributed by atoms with Crippen molar-refractivity contribution in [3.63, 3.8) is 0 Å². The second-order valence-electron chi connectivity index (χ2n) is 4.57. The molecule has 0 spiro atoms. The molecule has 4 heteroatoms. The zero-order chi connectivity index (χ0) is 14.5. The molecular weight excluding hydrogens is 252 g/mol. The summed E-state index contributed by atoms with van der Waals surface area (Å²) in [5.74, 6) is -0.389. The summed E-state index contributed by atoms with van der Waals surface area (Å²) < 4.78 is 4.67. The Morgan fingerprint density at radius 1 is 1.20 bits per heavy atom. The fraction of sp³-hybridized carbons (Fsp3) is 0.188. The van der Waals surface area contributed by atoms with Gasteiger partial charge < -0.3 is 15.8 Å².